The van der Waals surface area contributed by atoms with Gasteiger partial charge in [-0.1, -0.05) is 102 Å². The molecule has 1 heterocycles. The SMILES string of the molecule is [B]C([B])([B])c1nc2ccccc2n1-c1c2ccccc2c(-c2ccc3ccccc3c2)c2ccccc12. The molecule has 0 saturated heterocycles. The van der Waals surface area contributed by atoms with Crippen molar-refractivity contribution in [3.05, 3.63) is 121 Å². The van der Waals surface area contributed by atoms with Crippen molar-refractivity contribution in [2.75, 3.05) is 0 Å². The molecule has 5 heteroatoms. The van der Waals surface area contributed by atoms with E-state index in [9.17, 15) is 0 Å². The van der Waals surface area contributed by atoms with Crippen LogP contribution in [-0.4, -0.2) is 33.1 Å². The maximum absolute atomic E-state index is 6.29. The maximum atomic E-state index is 6.29. The van der Waals surface area contributed by atoms with Crippen molar-refractivity contribution in [1.29, 1.82) is 0 Å². The molecule has 0 aliphatic carbocycles. The first-order chi connectivity index (χ1) is 18.0. The Labute approximate surface area is 219 Å². The Balaban J connectivity index is 1.67. The zero-order chi connectivity index (χ0) is 25.1. The second-order valence-electron chi connectivity index (χ2n) is 9.57. The summed E-state index contributed by atoms with van der Waals surface area (Å²) in [5.74, 6) is 0.405. The minimum Gasteiger partial charge on any atom is -0.296 e. The highest BCUT2D eigenvalue weighted by molar-refractivity contribution is 6.58. The van der Waals surface area contributed by atoms with E-state index >= 15 is 0 Å². The summed E-state index contributed by atoms with van der Waals surface area (Å²) in [6, 6.07) is 40.0. The standard InChI is InChI=1S/C32H19B3N2/c33-32(34,35)31-36-27-15-7-8-16-28(27)37(31)30-25-13-5-3-11-23(25)29(24-12-4-6-14-26(24)30)22-18-17-20-9-1-2-10-21(20)19-22/h1-19H. The number of benzene rings is 6. The topological polar surface area (TPSA) is 17.8 Å². The van der Waals surface area contributed by atoms with Crippen LogP contribution >= 0.6 is 0 Å². The molecule has 0 amide bonds. The van der Waals surface area contributed by atoms with Crippen molar-refractivity contribution < 1.29 is 0 Å². The average molecular weight is 464 g/mol. The van der Waals surface area contributed by atoms with Crippen molar-refractivity contribution in [2.45, 2.75) is 5.11 Å². The third-order valence-corrected chi connectivity index (χ3v) is 7.11. The van der Waals surface area contributed by atoms with E-state index in [4.69, 9.17) is 28.5 Å². The van der Waals surface area contributed by atoms with Crippen LogP contribution in [0.15, 0.2) is 115 Å². The molecule has 37 heavy (non-hydrogen) atoms. The molecule has 1 aromatic heterocycles. The van der Waals surface area contributed by atoms with Gasteiger partial charge in [-0.05, 0) is 50.9 Å². The van der Waals surface area contributed by atoms with Gasteiger partial charge in [0.15, 0.2) is 0 Å². The Morgan fingerprint density at radius 3 is 1.81 bits per heavy atom. The van der Waals surface area contributed by atoms with Crippen LogP contribution in [0.25, 0.3) is 60.2 Å². The molecular formula is C32H19B3N2. The summed E-state index contributed by atoms with van der Waals surface area (Å²) in [5, 5.41) is 5.20. The van der Waals surface area contributed by atoms with Crippen LogP contribution in [0.3, 0.4) is 0 Å². The summed E-state index contributed by atoms with van der Waals surface area (Å²) in [6.45, 7) is 0. The zero-order valence-corrected chi connectivity index (χ0v) is 20.1. The fourth-order valence-corrected chi connectivity index (χ4v) is 5.54. The van der Waals surface area contributed by atoms with Crippen LogP contribution in [0.5, 0.6) is 0 Å². The molecule has 2 nitrogen and oxygen atoms in total. The van der Waals surface area contributed by atoms with Crippen molar-refractivity contribution in [2.24, 2.45) is 0 Å². The number of hydrogen-bond acceptors (Lipinski definition) is 1. The largest absolute Gasteiger partial charge is 0.296 e. The van der Waals surface area contributed by atoms with Gasteiger partial charge in [-0.2, -0.15) is 0 Å². The summed E-state index contributed by atoms with van der Waals surface area (Å²) in [4.78, 5) is 4.78. The van der Waals surface area contributed by atoms with Gasteiger partial charge in [0.05, 0.1) is 46.1 Å². The number of nitrogens with zero attached hydrogens (tertiary/aromatic N) is 2. The molecular weight excluding hydrogens is 445 g/mol. The molecule has 0 spiro atoms. The fraction of sp³-hybridized carbons (Fsp3) is 0.0312. The van der Waals surface area contributed by atoms with E-state index in [2.05, 4.69) is 91.0 Å². The highest BCUT2D eigenvalue weighted by Crippen LogP contribution is 2.43. The fourth-order valence-electron chi connectivity index (χ4n) is 5.54. The minimum atomic E-state index is -1.63. The van der Waals surface area contributed by atoms with E-state index in [1.54, 1.807) is 0 Å². The molecule has 0 aliphatic heterocycles. The molecule has 0 unspecified atom stereocenters. The van der Waals surface area contributed by atoms with E-state index in [1.165, 1.54) is 21.9 Å². The van der Waals surface area contributed by atoms with Crippen LogP contribution in [0, 0.1) is 0 Å². The summed E-state index contributed by atoms with van der Waals surface area (Å²) < 4.78 is 2.03. The zero-order valence-electron chi connectivity index (χ0n) is 20.1. The highest BCUT2D eigenvalue weighted by atomic mass is 15.1. The van der Waals surface area contributed by atoms with Crippen molar-refractivity contribution >= 4 is 66.9 Å². The monoisotopic (exact) mass is 464 g/mol. The van der Waals surface area contributed by atoms with Crippen LogP contribution < -0.4 is 0 Å². The van der Waals surface area contributed by atoms with Gasteiger partial charge in [0.25, 0.3) is 0 Å². The molecule has 0 N–H and O–H groups in total. The molecule has 7 rings (SSSR count). The van der Waals surface area contributed by atoms with Gasteiger partial charge in [-0.25, -0.2) is 4.98 Å². The number of hydrogen-bond donors (Lipinski definition) is 0. The Morgan fingerprint density at radius 1 is 0.568 bits per heavy atom. The number of rotatable bonds is 3. The number of imidazole rings is 1. The molecule has 7 aromatic rings. The van der Waals surface area contributed by atoms with Gasteiger partial charge in [0, 0.05) is 10.8 Å². The predicted octanol–water partition coefficient (Wildman–Crippen LogP) is 6.77. The molecule has 0 bridgehead atoms. The van der Waals surface area contributed by atoms with Crippen LogP contribution in [0.1, 0.15) is 5.82 Å². The van der Waals surface area contributed by atoms with E-state index in [0.717, 1.165) is 38.3 Å². The normalized spacial score (nSPS) is 12.1. The van der Waals surface area contributed by atoms with Crippen LogP contribution in [-0.2, 0) is 5.11 Å². The number of para-hydroxylation sites is 2. The Kier molecular flexibility index (Phi) is 4.84. The summed E-state index contributed by atoms with van der Waals surface area (Å²) >= 11 is 0. The summed E-state index contributed by atoms with van der Waals surface area (Å²) in [7, 11) is 18.9. The molecule has 0 aliphatic rings. The van der Waals surface area contributed by atoms with Crippen LogP contribution in [0.4, 0.5) is 0 Å². The highest BCUT2D eigenvalue weighted by Gasteiger charge is 2.25. The first-order valence-electron chi connectivity index (χ1n) is 12.3. The van der Waals surface area contributed by atoms with Gasteiger partial charge in [-0.3, -0.25) is 4.57 Å². The van der Waals surface area contributed by atoms with E-state index in [1.807, 2.05) is 28.8 Å². The molecule has 6 radical (unpaired) electrons. The quantitative estimate of drug-likeness (QED) is 0.209. The van der Waals surface area contributed by atoms with Gasteiger partial charge < -0.3 is 0 Å². The smallest absolute Gasteiger partial charge is 0.0951 e. The summed E-state index contributed by atoms with van der Waals surface area (Å²) in [5.41, 5.74) is 5.00. The third-order valence-electron chi connectivity index (χ3n) is 7.11. The van der Waals surface area contributed by atoms with E-state index in [0.29, 0.717) is 5.82 Å². The Morgan fingerprint density at radius 2 is 1.14 bits per heavy atom. The van der Waals surface area contributed by atoms with Crippen molar-refractivity contribution in [1.82, 2.24) is 9.55 Å². The van der Waals surface area contributed by atoms with Crippen molar-refractivity contribution in [3.63, 3.8) is 0 Å². The van der Waals surface area contributed by atoms with Gasteiger partial charge in [0.1, 0.15) is 0 Å². The summed E-state index contributed by atoms with van der Waals surface area (Å²) in [6.07, 6.45) is 0. The first kappa shape index (κ1) is 22.0. The van der Waals surface area contributed by atoms with Crippen molar-refractivity contribution in [3.8, 4) is 16.8 Å². The molecule has 0 fully saturated rings. The lowest BCUT2D eigenvalue weighted by atomic mass is 9.42. The molecule has 166 valence electrons. The lowest BCUT2D eigenvalue weighted by Gasteiger charge is -2.25. The van der Waals surface area contributed by atoms with E-state index in [-0.39, 0.29) is 0 Å². The minimum absolute atomic E-state index is 0.405. The molecule has 6 aromatic carbocycles. The van der Waals surface area contributed by atoms with Gasteiger partial charge in [-0.15, -0.1) is 0 Å². The first-order valence-corrected chi connectivity index (χ1v) is 12.3. The number of fused-ring (bicyclic) bond motifs is 4. The number of aromatic nitrogens is 2. The lowest BCUT2D eigenvalue weighted by Crippen LogP contribution is -2.31. The second-order valence-corrected chi connectivity index (χ2v) is 9.57. The second kappa shape index (κ2) is 8.14. The lowest BCUT2D eigenvalue weighted by molar-refractivity contribution is 0.939. The van der Waals surface area contributed by atoms with Crippen LogP contribution in [0.2, 0.25) is 0 Å². The predicted molar refractivity (Wildman–Crippen MR) is 158 cm³/mol. The Hall–Kier alpha value is -4.24. The van der Waals surface area contributed by atoms with Gasteiger partial charge in [0.2, 0.25) is 0 Å². The third kappa shape index (κ3) is 3.42. The Bertz CT molecular complexity index is 1930. The molecule has 0 atom stereocenters. The van der Waals surface area contributed by atoms with Gasteiger partial charge >= 0.3 is 0 Å². The molecule has 0 saturated carbocycles. The average Bonchev–Trinajstić information content (AvgIpc) is 3.31. The van der Waals surface area contributed by atoms with E-state index < -0.39 is 5.11 Å². The maximum Gasteiger partial charge on any atom is 0.0951 e.